The zero-order valence-corrected chi connectivity index (χ0v) is 28.5. The minimum atomic E-state index is -4.15. The second kappa shape index (κ2) is 15.4. The second-order valence-electron chi connectivity index (χ2n) is 11.3. The van der Waals surface area contributed by atoms with Crippen molar-refractivity contribution in [3.05, 3.63) is 130 Å². The van der Waals surface area contributed by atoms with Crippen LogP contribution >= 0.6 is 15.9 Å². The molecule has 0 unspecified atom stereocenters. The molecule has 0 aliphatic heterocycles. The zero-order valence-electron chi connectivity index (χ0n) is 26.1. The molecule has 2 amide bonds. The number of benzene rings is 4. The van der Waals surface area contributed by atoms with E-state index in [1.54, 1.807) is 48.5 Å². The SMILES string of the molecule is CC[C@@H](C)NC(=O)[C@@H](Cc1ccccc1)N(Cc1cccc(C)c1)C(=O)CN(c1ccc(Br)cc1)S(=O)(=O)c1ccc(C)cc1. The van der Waals surface area contributed by atoms with Crippen LogP contribution in [0.3, 0.4) is 0 Å². The number of anilines is 1. The fraction of sp³-hybridized carbons (Fsp3) is 0.278. The molecule has 0 aliphatic rings. The molecule has 0 fully saturated rings. The molecule has 4 aromatic rings. The minimum Gasteiger partial charge on any atom is -0.352 e. The first kappa shape index (κ1) is 33.9. The van der Waals surface area contributed by atoms with Crippen molar-refractivity contribution in [2.75, 3.05) is 10.8 Å². The first-order chi connectivity index (χ1) is 21.5. The summed E-state index contributed by atoms with van der Waals surface area (Å²) in [7, 11) is -4.15. The van der Waals surface area contributed by atoms with Crippen molar-refractivity contribution < 1.29 is 18.0 Å². The fourth-order valence-electron chi connectivity index (χ4n) is 4.98. The van der Waals surface area contributed by atoms with Crippen LogP contribution in [0.15, 0.2) is 112 Å². The van der Waals surface area contributed by atoms with Crippen LogP contribution in [0.5, 0.6) is 0 Å². The lowest BCUT2D eigenvalue weighted by molar-refractivity contribution is -0.140. The third-order valence-corrected chi connectivity index (χ3v) is 10.0. The fourth-order valence-corrected chi connectivity index (χ4v) is 6.65. The highest BCUT2D eigenvalue weighted by Gasteiger charge is 2.35. The molecule has 236 valence electrons. The lowest BCUT2D eigenvalue weighted by Crippen LogP contribution is -2.54. The first-order valence-corrected chi connectivity index (χ1v) is 17.3. The van der Waals surface area contributed by atoms with Gasteiger partial charge < -0.3 is 10.2 Å². The van der Waals surface area contributed by atoms with Gasteiger partial charge in [-0.2, -0.15) is 0 Å². The van der Waals surface area contributed by atoms with Crippen LogP contribution < -0.4 is 9.62 Å². The average Bonchev–Trinajstić information content (AvgIpc) is 3.02. The summed E-state index contributed by atoms with van der Waals surface area (Å²) >= 11 is 3.42. The molecule has 0 aromatic heterocycles. The Balaban J connectivity index is 1.80. The van der Waals surface area contributed by atoms with Gasteiger partial charge in [0.15, 0.2) is 0 Å². The van der Waals surface area contributed by atoms with Crippen LogP contribution in [0.2, 0.25) is 0 Å². The molecular formula is C36H40BrN3O4S. The van der Waals surface area contributed by atoms with Gasteiger partial charge in [0.25, 0.3) is 10.0 Å². The lowest BCUT2D eigenvalue weighted by atomic mass is 10.0. The van der Waals surface area contributed by atoms with Crippen molar-refractivity contribution in [2.24, 2.45) is 0 Å². The summed E-state index contributed by atoms with van der Waals surface area (Å²) in [6, 6.07) is 29.7. The van der Waals surface area contributed by atoms with Crippen molar-refractivity contribution in [3.8, 4) is 0 Å². The Labute approximate surface area is 275 Å². The van der Waals surface area contributed by atoms with E-state index in [9.17, 15) is 18.0 Å². The quantitative estimate of drug-likeness (QED) is 0.167. The number of carbonyl (C=O) groups is 2. The molecule has 0 radical (unpaired) electrons. The average molecular weight is 691 g/mol. The van der Waals surface area contributed by atoms with Gasteiger partial charge in [-0.15, -0.1) is 0 Å². The Kier molecular flexibility index (Phi) is 11.6. The van der Waals surface area contributed by atoms with Gasteiger partial charge in [0, 0.05) is 23.5 Å². The van der Waals surface area contributed by atoms with Gasteiger partial charge >= 0.3 is 0 Å². The van der Waals surface area contributed by atoms with Crippen molar-refractivity contribution in [3.63, 3.8) is 0 Å². The highest BCUT2D eigenvalue weighted by molar-refractivity contribution is 9.10. The van der Waals surface area contributed by atoms with E-state index >= 15 is 0 Å². The molecule has 0 spiro atoms. The second-order valence-corrected chi connectivity index (χ2v) is 14.1. The van der Waals surface area contributed by atoms with Gasteiger partial charge in [-0.25, -0.2) is 8.42 Å². The van der Waals surface area contributed by atoms with Crippen LogP contribution in [0.4, 0.5) is 5.69 Å². The van der Waals surface area contributed by atoms with Gasteiger partial charge in [0.05, 0.1) is 10.6 Å². The molecule has 9 heteroatoms. The van der Waals surface area contributed by atoms with Gasteiger partial charge in [-0.05, 0) is 74.7 Å². The Morgan fingerprint density at radius 1 is 0.822 bits per heavy atom. The number of hydrogen-bond acceptors (Lipinski definition) is 4. The van der Waals surface area contributed by atoms with Gasteiger partial charge in [-0.1, -0.05) is 101 Å². The maximum atomic E-state index is 14.5. The highest BCUT2D eigenvalue weighted by Crippen LogP contribution is 2.27. The minimum absolute atomic E-state index is 0.0735. The first-order valence-electron chi connectivity index (χ1n) is 15.0. The van der Waals surface area contributed by atoms with E-state index in [4.69, 9.17) is 0 Å². The number of nitrogens with one attached hydrogen (secondary N) is 1. The summed E-state index contributed by atoms with van der Waals surface area (Å²) in [5, 5.41) is 3.07. The molecule has 0 aliphatic carbocycles. The maximum absolute atomic E-state index is 14.5. The maximum Gasteiger partial charge on any atom is 0.264 e. The van der Waals surface area contributed by atoms with Crippen molar-refractivity contribution in [2.45, 2.75) is 64.1 Å². The van der Waals surface area contributed by atoms with E-state index in [2.05, 4.69) is 21.2 Å². The number of amides is 2. The normalized spacial score (nSPS) is 12.6. The Morgan fingerprint density at radius 3 is 2.09 bits per heavy atom. The van der Waals surface area contributed by atoms with E-state index in [0.29, 0.717) is 5.69 Å². The smallest absolute Gasteiger partial charge is 0.264 e. The topological polar surface area (TPSA) is 86.8 Å². The Bertz CT molecular complexity index is 1690. The van der Waals surface area contributed by atoms with Crippen LogP contribution in [-0.2, 0) is 32.6 Å². The van der Waals surface area contributed by atoms with E-state index in [1.807, 2.05) is 82.3 Å². The molecule has 0 bridgehead atoms. The van der Waals surface area contributed by atoms with E-state index in [-0.39, 0.29) is 29.8 Å². The summed E-state index contributed by atoms with van der Waals surface area (Å²) in [5.74, 6) is -0.777. The zero-order chi connectivity index (χ0) is 32.6. The third kappa shape index (κ3) is 9.05. The Hall–Kier alpha value is -3.95. The van der Waals surface area contributed by atoms with Crippen LogP contribution in [0.1, 0.15) is 42.5 Å². The molecule has 0 heterocycles. The number of hydrogen-bond donors (Lipinski definition) is 1. The molecule has 1 N–H and O–H groups in total. The van der Waals surface area contributed by atoms with Crippen molar-refractivity contribution in [1.29, 1.82) is 0 Å². The van der Waals surface area contributed by atoms with Gasteiger partial charge in [-0.3, -0.25) is 13.9 Å². The highest BCUT2D eigenvalue weighted by atomic mass is 79.9. The number of aryl methyl sites for hydroxylation is 2. The molecular weight excluding hydrogens is 650 g/mol. The molecule has 45 heavy (non-hydrogen) atoms. The van der Waals surface area contributed by atoms with E-state index in [0.717, 1.165) is 37.5 Å². The van der Waals surface area contributed by atoms with Crippen LogP contribution in [-0.4, -0.2) is 43.8 Å². The molecule has 4 rings (SSSR count). The lowest BCUT2D eigenvalue weighted by Gasteiger charge is -2.34. The van der Waals surface area contributed by atoms with Gasteiger partial charge in [0.1, 0.15) is 12.6 Å². The molecule has 4 aromatic carbocycles. The summed E-state index contributed by atoms with van der Waals surface area (Å²) in [6.45, 7) is 7.39. The number of carbonyl (C=O) groups excluding carboxylic acids is 2. The molecule has 0 saturated carbocycles. The summed E-state index contributed by atoms with van der Waals surface area (Å²) < 4.78 is 30.2. The number of nitrogens with zero attached hydrogens (tertiary/aromatic N) is 2. The predicted octanol–water partition coefficient (Wildman–Crippen LogP) is 6.82. The van der Waals surface area contributed by atoms with Crippen LogP contribution in [0, 0.1) is 13.8 Å². The number of halogens is 1. The summed E-state index contributed by atoms with van der Waals surface area (Å²) in [4.78, 5) is 30.1. The molecule has 0 saturated heterocycles. The van der Waals surface area contributed by atoms with E-state index < -0.39 is 28.5 Å². The van der Waals surface area contributed by atoms with Gasteiger partial charge in [0.2, 0.25) is 11.8 Å². The summed E-state index contributed by atoms with van der Waals surface area (Å²) in [5.41, 5.74) is 4.00. The van der Waals surface area contributed by atoms with Crippen molar-refractivity contribution in [1.82, 2.24) is 10.2 Å². The van der Waals surface area contributed by atoms with E-state index in [1.165, 1.54) is 4.90 Å². The number of rotatable bonds is 13. The van der Waals surface area contributed by atoms with Crippen molar-refractivity contribution >= 4 is 43.5 Å². The molecule has 2 atom stereocenters. The third-order valence-electron chi connectivity index (χ3n) is 7.71. The summed E-state index contributed by atoms with van der Waals surface area (Å²) in [6.07, 6.45) is 0.991. The molecule has 7 nitrogen and oxygen atoms in total. The largest absolute Gasteiger partial charge is 0.352 e. The number of sulfonamides is 1. The van der Waals surface area contributed by atoms with Crippen LogP contribution in [0.25, 0.3) is 0 Å². The standard InChI is InChI=1S/C36H40BrN3O4S/c1-5-28(4)38-36(42)34(23-29-11-7-6-8-12-29)39(24-30-13-9-10-27(3)22-30)35(41)25-40(32-18-16-31(37)17-19-32)45(43,44)33-20-14-26(2)15-21-33/h6-22,28,34H,5,23-25H2,1-4H3,(H,38,42)/t28-,34-/m1/s1. The monoisotopic (exact) mass is 689 g/mol. The predicted molar refractivity (Wildman–Crippen MR) is 183 cm³/mol. The Morgan fingerprint density at radius 2 is 1.47 bits per heavy atom.